The van der Waals surface area contributed by atoms with Gasteiger partial charge in [-0.15, -0.1) is 11.8 Å². The SMILES string of the molecule is BrCCCSc1ccccc1.CC(C=O)CC(=O)O. The molecule has 0 spiro atoms. The molecule has 0 heterocycles. The first-order chi connectivity index (χ1) is 9.10. The molecule has 1 N–H and O–H groups in total. The smallest absolute Gasteiger partial charge is 0.304 e. The van der Waals surface area contributed by atoms with Gasteiger partial charge in [0.15, 0.2) is 0 Å². The Kier molecular flexibility index (Phi) is 11.7. The lowest BCUT2D eigenvalue weighted by Crippen LogP contribution is -2.04. The number of benzene rings is 1. The molecule has 0 fully saturated rings. The molecule has 1 aromatic rings. The molecule has 0 aliphatic carbocycles. The third-order valence-electron chi connectivity index (χ3n) is 2.02. The van der Waals surface area contributed by atoms with Gasteiger partial charge < -0.3 is 9.90 Å². The van der Waals surface area contributed by atoms with Crippen molar-refractivity contribution in [2.24, 2.45) is 5.92 Å². The molecule has 19 heavy (non-hydrogen) atoms. The third kappa shape index (κ3) is 12.0. The van der Waals surface area contributed by atoms with Crippen molar-refractivity contribution < 1.29 is 14.7 Å². The zero-order valence-corrected chi connectivity index (χ0v) is 13.3. The molecule has 0 amide bonds. The van der Waals surface area contributed by atoms with Gasteiger partial charge in [-0.25, -0.2) is 0 Å². The van der Waals surface area contributed by atoms with Crippen molar-refractivity contribution in [1.82, 2.24) is 0 Å². The molecule has 0 radical (unpaired) electrons. The first kappa shape index (κ1) is 18.2. The highest BCUT2D eigenvalue weighted by Gasteiger charge is 2.03. The highest BCUT2D eigenvalue weighted by Crippen LogP contribution is 2.17. The van der Waals surface area contributed by atoms with Crippen LogP contribution in [0.3, 0.4) is 0 Å². The number of aliphatic carboxylic acids is 1. The fraction of sp³-hybridized carbons (Fsp3) is 0.429. The summed E-state index contributed by atoms with van der Waals surface area (Å²) in [6.07, 6.45) is 1.80. The number of halogens is 1. The molecular weight excluding hydrogens is 328 g/mol. The predicted molar refractivity (Wildman–Crippen MR) is 83.1 cm³/mol. The van der Waals surface area contributed by atoms with Crippen molar-refractivity contribution in [3.05, 3.63) is 30.3 Å². The van der Waals surface area contributed by atoms with E-state index in [0.717, 1.165) is 5.33 Å². The number of carbonyl (C=O) groups is 2. The van der Waals surface area contributed by atoms with E-state index in [1.807, 2.05) is 11.8 Å². The Morgan fingerprint density at radius 1 is 1.42 bits per heavy atom. The number of carboxylic acids is 1. The van der Waals surface area contributed by atoms with E-state index < -0.39 is 5.97 Å². The zero-order chi connectivity index (χ0) is 14.5. The summed E-state index contributed by atoms with van der Waals surface area (Å²) >= 11 is 5.32. The van der Waals surface area contributed by atoms with Gasteiger partial charge in [-0.3, -0.25) is 4.79 Å². The Morgan fingerprint density at radius 3 is 2.47 bits per heavy atom. The van der Waals surface area contributed by atoms with Crippen LogP contribution in [0.2, 0.25) is 0 Å². The quantitative estimate of drug-likeness (QED) is 0.352. The van der Waals surface area contributed by atoms with Gasteiger partial charge in [0.1, 0.15) is 6.29 Å². The molecule has 1 atom stereocenters. The van der Waals surface area contributed by atoms with Crippen LogP contribution >= 0.6 is 27.7 Å². The largest absolute Gasteiger partial charge is 0.481 e. The van der Waals surface area contributed by atoms with Crippen molar-refractivity contribution in [1.29, 1.82) is 0 Å². The van der Waals surface area contributed by atoms with Crippen LogP contribution in [-0.2, 0) is 9.59 Å². The molecule has 1 rings (SSSR count). The Balaban J connectivity index is 0.000000362. The van der Waals surface area contributed by atoms with E-state index in [-0.39, 0.29) is 12.3 Å². The summed E-state index contributed by atoms with van der Waals surface area (Å²) in [5.41, 5.74) is 0. The molecule has 0 aliphatic rings. The van der Waals surface area contributed by atoms with Crippen LogP contribution < -0.4 is 0 Å². The van der Waals surface area contributed by atoms with Crippen molar-refractivity contribution in [2.75, 3.05) is 11.1 Å². The maximum Gasteiger partial charge on any atom is 0.304 e. The summed E-state index contributed by atoms with van der Waals surface area (Å²) in [5, 5.41) is 9.16. The summed E-state index contributed by atoms with van der Waals surface area (Å²) < 4.78 is 0. The fourth-order valence-corrected chi connectivity index (χ4v) is 2.61. The lowest BCUT2D eigenvalue weighted by atomic mass is 10.1. The highest BCUT2D eigenvalue weighted by atomic mass is 79.9. The number of carboxylic acid groups (broad SMARTS) is 1. The molecule has 3 nitrogen and oxygen atoms in total. The Hall–Kier alpha value is -0.810. The number of carbonyl (C=O) groups excluding carboxylic acids is 1. The summed E-state index contributed by atoms with van der Waals surface area (Å²) in [6, 6.07) is 10.5. The average molecular weight is 347 g/mol. The maximum atomic E-state index is 9.81. The Bertz CT molecular complexity index is 357. The second-order valence-corrected chi connectivity index (χ2v) is 5.88. The van der Waals surface area contributed by atoms with E-state index in [2.05, 4.69) is 46.3 Å². The lowest BCUT2D eigenvalue weighted by molar-refractivity contribution is -0.139. The van der Waals surface area contributed by atoms with Gasteiger partial charge in [0.2, 0.25) is 0 Å². The van der Waals surface area contributed by atoms with E-state index in [1.54, 1.807) is 6.92 Å². The molecule has 1 unspecified atom stereocenters. The molecule has 106 valence electrons. The highest BCUT2D eigenvalue weighted by molar-refractivity contribution is 9.09. The summed E-state index contributed by atoms with van der Waals surface area (Å²) in [6.45, 7) is 1.57. The minimum Gasteiger partial charge on any atom is -0.481 e. The van der Waals surface area contributed by atoms with Gasteiger partial charge >= 0.3 is 5.97 Å². The van der Waals surface area contributed by atoms with Gasteiger partial charge in [-0.05, 0) is 24.3 Å². The van der Waals surface area contributed by atoms with Gasteiger partial charge in [0.05, 0.1) is 6.42 Å². The number of rotatable bonds is 7. The standard InChI is InChI=1S/C9H11BrS.C5H8O3/c10-7-4-8-11-9-5-2-1-3-6-9;1-4(3-6)2-5(7)8/h1-3,5-6H,4,7-8H2;3-4H,2H2,1H3,(H,7,8). The number of hydrogen-bond acceptors (Lipinski definition) is 3. The Labute approximate surface area is 126 Å². The van der Waals surface area contributed by atoms with E-state index in [4.69, 9.17) is 5.11 Å². The zero-order valence-electron chi connectivity index (χ0n) is 10.9. The lowest BCUT2D eigenvalue weighted by Gasteiger charge is -1.97. The van der Waals surface area contributed by atoms with Crippen LogP contribution in [0.25, 0.3) is 0 Å². The average Bonchev–Trinajstić information content (AvgIpc) is 2.40. The summed E-state index contributed by atoms with van der Waals surface area (Å²) in [7, 11) is 0. The maximum absolute atomic E-state index is 9.81. The predicted octanol–water partition coefficient (Wildman–Crippen LogP) is 3.86. The van der Waals surface area contributed by atoms with Gasteiger partial charge in [-0.1, -0.05) is 41.1 Å². The van der Waals surface area contributed by atoms with Crippen molar-refractivity contribution in [3.63, 3.8) is 0 Å². The molecule has 1 aromatic carbocycles. The van der Waals surface area contributed by atoms with E-state index >= 15 is 0 Å². The fourth-order valence-electron chi connectivity index (χ4n) is 1.08. The second kappa shape index (κ2) is 12.2. The molecule has 0 saturated carbocycles. The first-order valence-electron chi connectivity index (χ1n) is 6.01. The van der Waals surface area contributed by atoms with Crippen molar-refractivity contribution >= 4 is 39.9 Å². The number of aldehydes is 1. The van der Waals surface area contributed by atoms with Crippen LogP contribution in [0.5, 0.6) is 0 Å². The van der Waals surface area contributed by atoms with Crippen molar-refractivity contribution in [3.8, 4) is 0 Å². The van der Waals surface area contributed by atoms with Crippen LogP contribution in [0.4, 0.5) is 0 Å². The third-order valence-corrected chi connectivity index (χ3v) is 3.68. The second-order valence-electron chi connectivity index (χ2n) is 3.92. The molecule has 0 saturated heterocycles. The molecule has 0 aromatic heterocycles. The number of thioether (sulfide) groups is 1. The molecular formula is C14H19BrO3S. The van der Waals surface area contributed by atoms with E-state index in [9.17, 15) is 9.59 Å². The van der Waals surface area contributed by atoms with Gasteiger partial charge in [0, 0.05) is 16.1 Å². The van der Waals surface area contributed by atoms with Gasteiger partial charge in [0.25, 0.3) is 0 Å². The number of alkyl halides is 1. The van der Waals surface area contributed by atoms with Crippen LogP contribution in [0.15, 0.2) is 35.2 Å². The minimum absolute atomic E-state index is 0.0660. The minimum atomic E-state index is -0.926. The van der Waals surface area contributed by atoms with Crippen LogP contribution in [-0.4, -0.2) is 28.4 Å². The van der Waals surface area contributed by atoms with Gasteiger partial charge in [-0.2, -0.15) is 0 Å². The summed E-state index contributed by atoms with van der Waals surface area (Å²) in [4.78, 5) is 21.0. The molecule has 0 bridgehead atoms. The Morgan fingerprint density at radius 2 is 2.05 bits per heavy atom. The van der Waals surface area contributed by atoms with E-state index in [1.165, 1.54) is 17.1 Å². The van der Waals surface area contributed by atoms with Crippen LogP contribution in [0.1, 0.15) is 19.8 Å². The molecule has 5 heteroatoms. The topological polar surface area (TPSA) is 54.4 Å². The van der Waals surface area contributed by atoms with Crippen LogP contribution in [0, 0.1) is 5.92 Å². The number of hydrogen-bond donors (Lipinski definition) is 1. The first-order valence-corrected chi connectivity index (χ1v) is 8.11. The molecule has 0 aliphatic heterocycles. The van der Waals surface area contributed by atoms with Crippen molar-refractivity contribution in [2.45, 2.75) is 24.7 Å². The van der Waals surface area contributed by atoms with E-state index in [0.29, 0.717) is 6.29 Å². The normalized spacial score (nSPS) is 11.1. The monoisotopic (exact) mass is 346 g/mol. The summed E-state index contributed by atoms with van der Waals surface area (Å²) in [5.74, 6) is -0.0768.